The van der Waals surface area contributed by atoms with E-state index in [0.717, 1.165) is 11.3 Å². The highest BCUT2D eigenvalue weighted by Gasteiger charge is 2.61. The van der Waals surface area contributed by atoms with Crippen LogP contribution >= 0.6 is 0 Å². The molecule has 1 amide bonds. The number of esters is 1. The minimum Gasteiger partial charge on any atom is -0.481 e. The van der Waals surface area contributed by atoms with Crippen molar-refractivity contribution < 1.29 is 52.7 Å². The summed E-state index contributed by atoms with van der Waals surface area (Å²) < 4.78 is 38.4. The molecule has 16 nitrogen and oxygen atoms in total. The number of rotatable bonds is 13. The van der Waals surface area contributed by atoms with Crippen LogP contribution in [0.25, 0.3) is 11.3 Å². The number of nitrogens with zero attached hydrogens (tertiary/aromatic N) is 5. The molecule has 1 N–H and O–H groups in total. The van der Waals surface area contributed by atoms with Crippen LogP contribution in [0.5, 0.6) is 5.88 Å². The number of pyridine rings is 1. The van der Waals surface area contributed by atoms with Crippen LogP contribution in [-0.4, -0.2) is 142 Å². The van der Waals surface area contributed by atoms with E-state index in [4.69, 9.17) is 28.4 Å². The summed E-state index contributed by atoms with van der Waals surface area (Å²) in [4.78, 5) is 69.5. The smallest absolute Gasteiger partial charge is 0.411 e. The molecule has 13 atom stereocenters. The number of fused-ring (bicyclic) bond motifs is 1. The summed E-state index contributed by atoms with van der Waals surface area (Å²) in [5.41, 5.74) is -1.30. The number of aromatic nitrogens is 3. The molecule has 3 aliphatic heterocycles. The van der Waals surface area contributed by atoms with E-state index in [-0.39, 0.29) is 37.3 Å². The fourth-order valence-corrected chi connectivity index (χ4v) is 9.54. The lowest BCUT2D eigenvalue weighted by Crippen LogP contribution is -2.60. The molecule has 5 heterocycles. The van der Waals surface area contributed by atoms with Crippen LogP contribution in [0.3, 0.4) is 0 Å². The highest BCUT2D eigenvalue weighted by atomic mass is 16.7. The van der Waals surface area contributed by atoms with Gasteiger partial charge in [-0.1, -0.05) is 34.3 Å². The third kappa shape index (κ3) is 9.88. The van der Waals surface area contributed by atoms with Gasteiger partial charge < -0.3 is 43.0 Å². The van der Waals surface area contributed by atoms with Gasteiger partial charge in [-0.15, -0.1) is 0 Å². The van der Waals surface area contributed by atoms with Gasteiger partial charge >= 0.3 is 12.1 Å². The molecule has 3 saturated heterocycles. The molecule has 3 aliphatic rings. The number of methoxy groups -OCH3 is 2. The second-order valence-corrected chi connectivity index (χ2v) is 17.5. The Bertz CT molecular complexity index is 1860. The molecular formula is C45H67N5O11. The number of amides is 1. The average Bonchev–Trinajstić information content (AvgIpc) is 3.84. The van der Waals surface area contributed by atoms with Crippen LogP contribution in [0.2, 0.25) is 0 Å². The number of cyclic esters (lactones) is 1. The fraction of sp³-hybridized carbons (Fsp3) is 0.689. The van der Waals surface area contributed by atoms with Gasteiger partial charge in [0.15, 0.2) is 17.7 Å². The van der Waals surface area contributed by atoms with Crippen molar-refractivity contribution in [3.8, 4) is 17.1 Å². The number of aliphatic hydroxyl groups excluding tert-OH is 1. The molecule has 0 aliphatic carbocycles. The van der Waals surface area contributed by atoms with E-state index in [0.29, 0.717) is 31.7 Å². The second kappa shape index (κ2) is 19.9. The fourth-order valence-electron chi connectivity index (χ4n) is 9.54. The maximum Gasteiger partial charge on any atom is 0.411 e. The summed E-state index contributed by atoms with van der Waals surface area (Å²) in [5, 5.41) is 11.5. The summed E-state index contributed by atoms with van der Waals surface area (Å²) in [5.74, 6) is -4.74. The van der Waals surface area contributed by atoms with E-state index in [9.17, 15) is 24.3 Å². The summed E-state index contributed by atoms with van der Waals surface area (Å²) in [6, 6.07) is 2.46. The lowest BCUT2D eigenvalue weighted by Gasteiger charge is -2.47. The van der Waals surface area contributed by atoms with Crippen LogP contribution in [0.4, 0.5) is 4.79 Å². The number of carbonyl (C=O) groups is 4. The molecule has 3 fully saturated rings. The first-order chi connectivity index (χ1) is 28.9. The van der Waals surface area contributed by atoms with E-state index < -0.39 is 83.4 Å². The SMILES string of the molecule is C=C[C@]12OC(=O)N(CCCCn3cnc(-c4ccc(OC)nc4)c3)[C@H]1[C@@H](C)C(=O)[C@H](C)C[C@](C)(OC)[C@H](OC1O[C@H](C)C[C@H](N(C)C)[C@H]1O)[C@@H](C)C(=O)[C@@H](C)C(=O)O[C@@H]2CC. The van der Waals surface area contributed by atoms with Crippen molar-refractivity contribution in [1.29, 1.82) is 0 Å². The first kappa shape index (κ1) is 47.8. The van der Waals surface area contributed by atoms with Gasteiger partial charge in [0, 0.05) is 68.0 Å². The Morgan fingerprint density at radius 1 is 1.02 bits per heavy atom. The van der Waals surface area contributed by atoms with Crippen molar-refractivity contribution in [3.05, 3.63) is 43.5 Å². The highest BCUT2D eigenvalue weighted by molar-refractivity contribution is 6.00. The molecule has 61 heavy (non-hydrogen) atoms. The van der Waals surface area contributed by atoms with Crippen molar-refractivity contribution in [1.82, 2.24) is 24.3 Å². The zero-order valence-corrected chi connectivity index (χ0v) is 37.7. The minimum absolute atomic E-state index is 0.0998. The topological polar surface area (TPSA) is 181 Å². The van der Waals surface area contributed by atoms with Crippen molar-refractivity contribution in [2.24, 2.45) is 23.7 Å². The Kier molecular flexibility index (Phi) is 15.6. The number of unbranched alkanes of at least 4 members (excludes halogenated alkanes) is 1. The Balaban J connectivity index is 1.44. The van der Waals surface area contributed by atoms with Crippen LogP contribution in [0, 0.1) is 23.7 Å². The van der Waals surface area contributed by atoms with E-state index >= 15 is 0 Å². The van der Waals surface area contributed by atoms with Crippen molar-refractivity contribution >= 4 is 23.6 Å². The van der Waals surface area contributed by atoms with Crippen LogP contribution in [0.1, 0.15) is 80.6 Å². The van der Waals surface area contributed by atoms with Crippen molar-refractivity contribution in [2.75, 3.05) is 34.9 Å². The largest absolute Gasteiger partial charge is 0.481 e. The van der Waals surface area contributed by atoms with Gasteiger partial charge in [-0.25, -0.2) is 14.8 Å². The molecule has 0 spiro atoms. The Morgan fingerprint density at radius 2 is 1.72 bits per heavy atom. The third-order valence-corrected chi connectivity index (χ3v) is 13.1. The molecule has 16 heteroatoms. The van der Waals surface area contributed by atoms with Crippen molar-refractivity contribution in [3.63, 3.8) is 0 Å². The van der Waals surface area contributed by atoms with Gasteiger partial charge in [-0.2, -0.15) is 0 Å². The van der Waals surface area contributed by atoms with Gasteiger partial charge in [0.1, 0.15) is 23.9 Å². The molecule has 338 valence electrons. The van der Waals surface area contributed by atoms with Crippen LogP contribution in [0.15, 0.2) is 43.5 Å². The van der Waals surface area contributed by atoms with Gasteiger partial charge in [-0.3, -0.25) is 19.3 Å². The number of aryl methyl sites for hydroxylation is 1. The van der Waals surface area contributed by atoms with E-state index in [1.165, 1.54) is 20.1 Å². The predicted octanol–water partition coefficient (Wildman–Crippen LogP) is 5.10. The van der Waals surface area contributed by atoms with Crippen LogP contribution < -0.4 is 4.74 Å². The normalized spacial score (nSPS) is 35.4. The summed E-state index contributed by atoms with van der Waals surface area (Å²) >= 11 is 0. The molecule has 0 bridgehead atoms. The summed E-state index contributed by atoms with van der Waals surface area (Å²) in [6.07, 6.45) is 3.65. The molecule has 2 aromatic heterocycles. The van der Waals surface area contributed by atoms with Gasteiger partial charge in [0.2, 0.25) is 5.88 Å². The van der Waals surface area contributed by atoms with Gasteiger partial charge in [0.25, 0.3) is 0 Å². The minimum atomic E-state index is -1.61. The first-order valence-corrected chi connectivity index (χ1v) is 21.5. The number of aliphatic hydroxyl groups is 1. The summed E-state index contributed by atoms with van der Waals surface area (Å²) in [6.45, 7) is 17.1. The third-order valence-electron chi connectivity index (χ3n) is 13.1. The number of likely N-dealkylation sites (N-methyl/N-ethyl adjacent to an activating group) is 1. The van der Waals surface area contributed by atoms with E-state index in [1.54, 1.807) is 65.2 Å². The van der Waals surface area contributed by atoms with E-state index in [2.05, 4.69) is 16.5 Å². The van der Waals surface area contributed by atoms with Crippen molar-refractivity contribution in [2.45, 2.75) is 141 Å². The lowest BCUT2D eigenvalue weighted by molar-refractivity contribution is -0.295. The van der Waals surface area contributed by atoms with Gasteiger partial charge in [0.05, 0.1) is 43.0 Å². The number of hydrogen-bond donors (Lipinski definition) is 1. The molecule has 2 aromatic rings. The molecular weight excluding hydrogens is 787 g/mol. The van der Waals surface area contributed by atoms with Gasteiger partial charge in [-0.05, 0) is 79.1 Å². The lowest BCUT2D eigenvalue weighted by atomic mass is 9.72. The zero-order valence-electron chi connectivity index (χ0n) is 37.7. The molecule has 1 unspecified atom stereocenters. The standard InChI is InChI=1S/C45H67N5O11/c1-13-34-45(14-2)39(50(43(55)61-45)20-16-15-19-49-24-32(47-25-49)31-17-18-35(56-11)46-23-31)28(5)36(51)26(3)22-44(8,57-12)40(29(6)37(52)30(7)41(54)59-34)60-42-38(53)33(48(9)10)21-27(4)58-42/h14,17-18,23-30,33-34,38-40,42,53H,2,13,15-16,19-22H2,1,3-12H3/t26-,27-,28+,29+,30-,33+,34-,38-,39+,40-,42?,44+,45-/m1/s1. The number of ether oxygens (including phenoxy) is 6. The number of Topliss-reactive ketones (excluding diaryl/α,β-unsaturated/α-hetero) is 2. The maximum atomic E-state index is 14.8. The molecule has 0 radical (unpaired) electrons. The highest BCUT2D eigenvalue weighted by Crippen LogP contribution is 2.44. The monoisotopic (exact) mass is 853 g/mol. The maximum absolute atomic E-state index is 14.8. The number of imidazole rings is 1. The quantitative estimate of drug-likeness (QED) is 0.122. The Hall–Kier alpha value is -4.22. The second-order valence-electron chi connectivity index (χ2n) is 17.5. The predicted molar refractivity (Wildman–Crippen MR) is 225 cm³/mol. The number of carbonyl (C=O) groups excluding carboxylic acids is 4. The Labute approximate surface area is 360 Å². The Morgan fingerprint density at radius 3 is 2.33 bits per heavy atom. The first-order valence-electron chi connectivity index (χ1n) is 21.5. The zero-order chi connectivity index (χ0) is 45.0. The number of ketones is 2. The average molecular weight is 854 g/mol. The molecule has 0 saturated carbocycles. The molecule has 0 aromatic carbocycles. The summed E-state index contributed by atoms with van der Waals surface area (Å²) in [7, 11) is 6.78. The van der Waals surface area contributed by atoms with Crippen LogP contribution in [-0.2, 0) is 44.6 Å². The van der Waals surface area contributed by atoms with E-state index in [1.807, 2.05) is 42.7 Å². The molecule has 5 rings (SSSR count). The number of hydrogen-bond acceptors (Lipinski definition) is 14.